The number of hydrogen-bond donors (Lipinski definition) is 0. The van der Waals surface area contributed by atoms with Gasteiger partial charge in [-0.1, -0.05) is 157 Å². The third kappa shape index (κ3) is 4.17. The lowest BCUT2D eigenvalue weighted by molar-refractivity contribution is 0.670. The Morgan fingerprint density at radius 1 is 0.333 bits per heavy atom. The second-order valence-corrected chi connectivity index (χ2v) is 9.51. The van der Waals surface area contributed by atoms with Crippen molar-refractivity contribution in [2.75, 3.05) is 0 Å². The van der Waals surface area contributed by atoms with Crippen LogP contribution in [0.4, 0.5) is 0 Å². The number of hydrogen-bond acceptors (Lipinski definition) is 1. The van der Waals surface area contributed by atoms with Crippen LogP contribution in [0.15, 0.2) is 174 Å². The number of para-hydroxylation sites is 2. The van der Waals surface area contributed by atoms with Crippen molar-refractivity contribution in [1.82, 2.24) is 0 Å². The highest BCUT2D eigenvalue weighted by molar-refractivity contribution is 6.22. The molecule has 0 saturated carbocycles. The minimum Gasteiger partial charge on any atom is -0.455 e. The number of furan rings is 1. The highest BCUT2D eigenvalue weighted by atomic mass is 16.3. The van der Waals surface area contributed by atoms with Gasteiger partial charge in [0, 0.05) is 16.3 Å². The van der Waals surface area contributed by atoms with E-state index in [1.807, 2.05) is 0 Å². The zero-order valence-electron chi connectivity index (χ0n) is 50.4. The molecule has 8 aromatic carbocycles. The lowest BCUT2D eigenvalue weighted by Crippen LogP contribution is -1.92. The van der Waals surface area contributed by atoms with Crippen LogP contribution in [0.2, 0.25) is 0 Å². The van der Waals surface area contributed by atoms with Gasteiger partial charge < -0.3 is 4.42 Å². The first-order valence-corrected chi connectivity index (χ1v) is 13.2. The highest BCUT2D eigenvalue weighted by Crippen LogP contribution is 2.45. The molecule has 0 amide bonds. The third-order valence-corrected chi connectivity index (χ3v) is 7.06. The van der Waals surface area contributed by atoms with Gasteiger partial charge in [0.1, 0.15) is 11.2 Å². The van der Waals surface area contributed by atoms with E-state index in [1.54, 1.807) is 0 Å². The Labute approximate surface area is 301 Å². The van der Waals surface area contributed by atoms with Crippen LogP contribution in [0.1, 0.15) is 38.4 Å². The lowest BCUT2D eigenvalue weighted by Gasteiger charge is -2.19. The molecule has 0 aliphatic rings. The van der Waals surface area contributed by atoms with Gasteiger partial charge in [0.05, 0.1) is 38.4 Å². The molecule has 0 bridgehead atoms. The van der Waals surface area contributed by atoms with Gasteiger partial charge in [0.25, 0.3) is 0 Å². The zero-order valence-corrected chi connectivity index (χ0v) is 22.4. The van der Waals surface area contributed by atoms with E-state index < -0.39 is 257 Å². The number of benzene rings is 8. The summed E-state index contributed by atoms with van der Waals surface area (Å²) in [5.41, 5.74) is -7.74. The van der Waals surface area contributed by atoms with Gasteiger partial charge in [-0.05, 0) is 72.6 Å². The zero-order chi connectivity index (χ0) is 54.1. The SMILES string of the molecule is [2H]c1c([2H])c([2H])c(-c2c([2H])c([2H])c3c(-c4c([2H])c([2H])c([2H])c([2H])c4[2H])c4c([2H])c([2H])c([2H])c([2H])c4c(-c4c([2H])c([2H])c(-c5c([2H])c([2H])c([2H])c6c5oc5c([2H])c([2H])c([2H])c([2H])c56)c([2H])c4[2H])c3c2[2H])c([2H])c1[2H]. The fourth-order valence-electron chi connectivity index (χ4n) is 5.16. The minimum atomic E-state index is -1.14. The highest BCUT2D eigenvalue weighted by Gasteiger charge is 2.18. The Bertz CT molecular complexity index is 4030. The maximum atomic E-state index is 9.90. The van der Waals surface area contributed by atoms with E-state index in [0.29, 0.717) is 0 Å². The van der Waals surface area contributed by atoms with Crippen LogP contribution in [0.5, 0.6) is 0 Å². The summed E-state index contributed by atoms with van der Waals surface area (Å²) in [5.74, 6) is 0. The van der Waals surface area contributed by atoms with Crippen molar-refractivity contribution < 1.29 is 42.8 Å². The van der Waals surface area contributed by atoms with Crippen molar-refractivity contribution in [2.24, 2.45) is 0 Å². The van der Waals surface area contributed by atoms with Crippen LogP contribution < -0.4 is 0 Å². The standard InChI is InChI=1S/C44H28O/c1-3-12-29(13-4-1)33-26-27-38-40(28-33)43(37-18-8-7-17-36(37)42(38)31-14-5-2-6-15-31)32-24-22-30(23-25-32)34-19-11-20-39-35-16-9-10-21-41(35)45-44(34)39/h1-28H/i1D,2D,3D,4D,5D,6D,7D,8D,9D,10D,11D,12D,13D,14D,15D,16D,17D,18D,19D,20D,21D,22D,23D,24D,25D,26D,27D,28D. The van der Waals surface area contributed by atoms with E-state index in [-0.39, 0.29) is 0 Å². The predicted molar refractivity (Wildman–Crippen MR) is 190 cm³/mol. The summed E-state index contributed by atoms with van der Waals surface area (Å²) in [5, 5.41) is -4.08. The lowest BCUT2D eigenvalue weighted by atomic mass is 9.84. The second kappa shape index (κ2) is 10.4. The summed E-state index contributed by atoms with van der Waals surface area (Å²) < 4.78 is 256. The Hall–Kier alpha value is -5.92. The normalized spacial score (nSPS) is 20.3. The first-order valence-electron chi connectivity index (χ1n) is 27.2. The van der Waals surface area contributed by atoms with Crippen LogP contribution in [-0.2, 0) is 0 Å². The fraction of sp³-hybridized carbons (Fsp3) is 0. The van der Waals surface area contributed by atoms with Gasteiger partial charge in [-0.25, -0.2) is 0 Å². The molecular formula is C44H28O. The molecule has 0 unspecified atom stereocenters. The van der Waals surface area contributed by atoms with Crippen molar-refractivity contribution in [3.8, 4) is 44.5 Å². The van der Waals surface area contributed by atoms with Gasteiger partial charge in [-0.15, -0.1) is 0 Å². The van der Waals surface area contributed by atoms with E-state index in [9.17, 15) is 12.3 Å². The molecule has 9 aromatic rings. The average Bonchev–Trinajstić information content (AvgIpc) is 3.76. The van der Waals surface area contributed by atoms with Crippen molar-refractivity contribution >= 4 is 43.5 Å². The van der Waals surface area contributed by atoms with Crippen LogP contribution >= 0.6 is 0 Å². The van der Waals surface area contributed by atoms with Gasteiger partial charge in [0.2, 0.25) is 0 Å². The second-order valence-electron chi connectivity index (χ2n) is 9.51. The third-order valence-electron chi connectivity index (χ3n) is 7.06. The van der Waals surface area contributed by atoms with E-state index in [0.717, 1.165) is 0 Å². The van der Waals surface area contributed by atoms with Crippen LogP contribution in [0.25, 0.3) is 88.0 Å². The maximum absolute atomic E-state index is 9.90. The average molecular weight is 601 g/mol. The molecule has 0 spiro atoms. The Kier molecular flexibility index (Phi) is 2.32. The topological polar surface area (TPSA) is 13.1 Å². The molecule has 1 heterocycles. The molecule has 0 saturated heterocycles. The summed E-state index contributed by atoms with van der Waals surface area (Å²) in [6, 6.07) is -27.0. The van der Waals surface area contributed by atoms with Crippen molar-refractivity contribution in [1.29, 1.82) is 0 Å². The molecule has 1 aromatic heterocycles. The van der Waals surface area contributed by atoms with E-state index >= 15 is 0 Å². The van der Waals surface area contributed by atoms with Gasteiger partial charge >= 0.3 is 0 Å². The first-order chi connectivity index (χ1) is 34.0. The minimum absolute atomic E-state index is 0.406. The molecule has 9 rings (SSSR count). The molecule has 0 atom stereocenters. The predicted octanol–water partition coefficient (Wildman–Crippen LogP) is 12.6. The van der Waals surface area contributed by atoms with E-state index in [2.05, 4.69) is 0 Å². The Balaban J connectivity index is 1.59. The molecule has 0 radical (unpaired) electrons. The molecule has 1 nitrogen and oxygen atoms in total. The Morgan fingerprint density at radius 2 is 0.844 bits per heavy atom. The molecular weight excluding hydrogens is 544 g/mol. The smallest absolute Gasteiger partial charge is 0.143 e. The molecule has 1 heteroatoms. The summed E-state index contributed by atoms with van der Waals surface area (Å²) in [4.78, 5) is 0. The largest absolute Gasteiger partial charge is 0.455 e. The van der Waals surface area contributed by atoms with Gasteiger partial charge in [0.15, 0.2) is 0 Å². The first kappa shape index (κ1) is 10.1. The molecule has 45 heavy (non-hydrogen) atoms. The van der Waals surface area contributed by atoms with Gasteiger partial charge in [-0.2, -0.15) is 0 Å². The summed E-state index contributed by atoms with van der Waals surface area (Å²) in [6.07, 6.45) is 0. The van der Waals surface area contributed by atoms with Crippen molar-refractivity contribution in [3.63, 3.8) is 0 Å². The Morgan fingerprint density at radius 3 is 1.58 bits per heavy atom. The summed E-state index contributed by atoms with van der Waals surface area (Å²) in [7, 11) is 0. The molecule has 0 aliphatic heterocycles. The fourth-order valence-corrected chi connectivity index (χ4v) is 5.16. The molecule has 210 valence electrons. The monoisotopic (exact) mass is 600 g/mol. The van der Waals surface area contributed by atoms with Gasteiger partial charge in [-0.3, -0.25) is 0 Å². The van der Waals surface area contributed by atoms with Crippen molar-refractivity contribution in [3.05, 3.63) is 169 Å². The van der Waals surface area contributed by atoms with E-state index in [1.165, 1.54) is 0 Å². The quantitative estimate of drug-likeness (QED) is 0.183. The molecule has 0 fully saturated rings. The summed E-state index contributed by atoms with van der Waals surface area (Å²) in [6.45, 7) is 0. The van der Waals surface area contributed by atoms with Crippen LogP contribution in [0.3, 0.4) is 0 Å². The van der Waals surface area contributed by atoms with Crippen LogP contribution in [0, 0.1) is 0 Å². The molecule has 0 N–H and O–H groups in total. The van der Waals surface area contributed by atoms with Crippen LogP contribution in [-0.4, -0.2) is 0 Å². The molecule has 0 aliphatic carbocycles. The number of rotatable bonds is 4. The maximum Gasteiger partial charge on any atom is 0.143 e. The van der Waals surface area contributed by atoms with E-state index in [4.69, 9.17) is 30.5 Å². The number of fused-ring (bicyclic) bond motifs is 5. The van der Waals surface area contributed by atoms with Crippen molar-refractivity contribution in [2.45, 2.75) is 0 Å². The summed E-state index contributed by atoms with van der Waals surface area (Å²) >= 11 is 0.